The van der Waals surface area contributed by atoms with Crippen LogP contribution in [0.15, 0.2) is 54.1 Å². The van der Waals surface area contributed by atoms with Gasteiger partial charge in [0.1, 0.15) is 17.9 Å². The van der Waals surface area contributed by atoms with Crippen molar-refractivity contribution in [1.82, 2.24) is 5.43 Å². The summed E-state index contributed by atoms with van der Waals surface area (Å²) in [5, 5.41) is 1.24. The van der Waals surface area contributed by atoms with Crippen molar-refractivity contribution in [3.8, 4) is 18.1 Å². The van der Waals surface area contributed by atoms with Gasteiger partial charge in [0.05, 0.1) is 9.26 Å². The van der Waals surface area contributed by atoms with Gasteiger partial charge in [0, 0.05) is 0 Å². The van der Waals surface area contributed by atoms with Crippen LogP contribution in [0.5, 0.6) is 5.75 Å². The van der Waals surface area contributed by atoms with Gasteiger partial charge in [-0.15, -0.1) is 6.42 Å². The second-order valence-corrected chi connectivity index (χ2v) is 6.32. The van der Waals surface area contributed by atoms with Gasteiger partial charge < -0.3 is 4.74 Å². The summed E-state index contributed by atoms with van der Waals surface area (Å²) in [7, 11) is 0. The monoisotopic (exact) mass is 444 g/mol. The highest BCUT2D eigenvalue weighted by Gasteiger charge is 2.34. The maximum absolute atomic E-state index is 12.5. The number of rotatable bonds is 4. The van der Waals surface area contributed by atoms with E-state index in [0.29, 0.717) is 11.4 Å². The molecule has 0 bridgehead atoms. The highest BCUT2D eigenvalue weighted by atomic mass is 127. The van der Waals surface area contributed by atoms with Crippen molar-refractivity contribution in [3.63, 3.8) is 0 Å². The number of amides is 2. The molecule has 2 aromatic carbocycles. The predicted molar refractivity (Wildman–Crippen MR) is 104 cm³/mol. The van der Waals surface area contributed by atoms with Gasteiger partial charge >= 0.3 is 0 Å². The Balaban J connectivity index is 1.86. The minimum atomic E-state index is -0.434. The Morgan fingerprint density at radius 1 is 1.20 bits per heavy atom. The SMILES string of the molecule is C#CCOc1ccc(/C=C2/C(=O)NN(c3ccccc3)C2=O)cc1I. The number of hydrogen-bond acceptors (Lipinski definition) is 3. The normalized spacial score (nSPS) is 15.2. The van der Waals surface area contributed by atoms with Crippen molar-refractivity contribution in [3.05, 3.63) is 63.2 Å². The van der Waals surface area contributed by atoms with Gasteiger partial charge in [0.15, 0.2) is 0 Å². The molecule has 1 N–H and O–H groups in total. The molecule has 124 valence electrons. The maximum atomic E-state index is 12.5. The molecule has 6 heteroatoms. The number of nitrogens with zero attached hydrogens (tertiary/aromatic N) is 1. The van der Waals surface area contributed by atoms with Crippen LogP contribution in [0.25, 0.3) is 6.08 Å². The zero-order chi connectivity index (χ0) is 17.8. The zero-order valence-electron chi connectivity index (χ0n) is 13.0. The molecule has 0 aromatic heterocycles. The fraction of sp³-hybridized carbons (Fsp3) is 0.0526. The molecule has 1 aliphatic rings. The van der Waals surface area contributed by atoms with Crippen molar-refractivity contribution in [2.24, 2.45) is 0 Å². The van der Waals surface area contributed by atoms with E-state index in [2.05, 4.69) is 33.9 Å². The van der Waals surface area contributed by atoms with Gasteiger partial charge in [-0.3, -0.25) is 15.0 Å². The largest absolute Gasteiger partial charge is 0.480 e. The number of carbonyl (C=O) groups is 2. The van der Waals surface area contributed by atoms with Crippen LogP contribution in [0.1, 0.15) is 5.56 Å². The number of hydrazine groups is 1. The standard InChI is InChI=1S/C19H13IN2O3/c1-2-10-25-17-9-8-13(12-16(17)20)11-15-18(23)21-22(19(15)24)14-6-4-3-5-7-14/h1,3-9,11-12H,10H2,(H,21,23)/b15-11-. The average Bonchev–Trinajstić information content (AvgIpc) is 2.90. The summed E-state index contributed by atoms with van der Waals surface area (Å²) in [6, 6.07) is 14.3. The first-order valence-electron chi connectivity index (χ1n) is 7.38. The Morgan fingerprint density at radius 3 is 2.64 bits per heavy atom. The molecule has 0 unspecified atom stereocenters. The number of ether oxygens (including phenoxy) is 1. The van der Waals surface area contributed by atoms with Crippen molar-refractivity contribution in [1.29, 1.82) is 0 Å². The summed E-state index contributed by atoms with van der Waals surface area (Å²) in [6.45, 7) is 0.184. The van der Waals surface area contributed by atoms with Crippen LogP contribution in [0.4, 0.5) is 5.69 Å². The fourth-order valence-electron chi connectivity index (χ4n) is 2.33. The van der Waals surface area contributed by atoms with Gasteiger partial charge in [-0.25, -0.2) is 5.01 Å². The van der Waals surface area contributed by atoms with Crippen LogP contribution in [-0.2, 0) is 9.59 Å². The zero-order valence-corrected chi connectivity index (χ0v) is 15.2. The number of hydrogen-bond donors (Lipinski definition) is 1. The van der Waals surface area contributed by atoms with Crippen LogP contribution < -0.4 is 15.2 Å². The minimum Gasteiger partial charge on any atom is -0.480 e. The first-order chi connectivity index (χ1) is 12.1. The number of para-hydroxylation sites is 1. The molecular weight excluding hydrogens is 431 g/mol. The van der Waals surface area contributed by atoms with E-state index in [1.54, 1.807) is 42.5 Å². The lowest BCUT2D eigenvalue weighted by atomic mass is 10.1. The molecule has 2 amide bonds. The van der Waals surface area contributed by atoms with E-state index in [1.165, 1.54) is 5.01 Å². The van der Waals surface area contributed by atoms with Gasteiger partial charge in [-0.2, -0.15) is 0 Å². The van der Waals surface area contributed by atoms with Gasteiger partial charge in [-0.1, -0.05) is 30.2 Å². The molecule has 25 heavy (non-hydrogen) atoms. The fourth-order valence-corrected chi connectivity index (χ4v) is 3.02. The Kier molecular flexibility index (Phi) is 5.05. The molecule has 0 saturated carbocycles. The van der Waals surface area contributed by atoms with E-state index < -0.39 is 5.91 Å². The predicted octanol–water partition coefficient (Wildman–Crippen LogP) is 2.76. The third-order valence-electron chi connectivity index (χ3n) is 3.48. The lowest BCUT2D eigenvalue weighted by Gasteiger charge is -2.13. The van der Waals surface area contributed by atoms with E-state index in [-0.39, 0.29) is 18.1 Å². The van der Waals surface area contributed by atoms with Crippen LogP contribution >= 0.6 is 22.6 Å². The smallest absolute Gasteiger partial charge is 0.282 e. The third kappa shape index (κ3) is 3.67. The topological polar surface area (TPSA) is 58.6 Å². The molecule has 1 aliphatic heterocycles. The first kappa shape index (κ1) is 17.0. The molecule has 0 radical (unpaired) electrons. The Bertz CT molecular complexity index is 901. The number of halogens is 1. The molecule has 1 saturated heterocycles. The second-order valence-electron chi connectivity index (χ2n) is 5.16. The van der Waals surface area contributed by atoms with E-state index in [1.807, 2.05) is 12.1 Å². The summed E-state index contributed by atoms with van der Waals surface area (Å²) in [4.78, 5) is 24.7. The first-order valence-corrected chi connectivity index (χ1v) is 8.46. The Morgan fingerprint density at radius 2 is 1.96 bits per heavy atom. The number of nitrogens with one attached hydrogen (secondary N) is 1. The van der Waals surface area contributed by atoms with Crippen LogP contribution in [0.2, 0.25) is 0 Å². The lowest BCUT2D eigenvalue weighted by molar-refractivity contribution is -0.117. The number of terminal acetylenes is 1. The molecule has 5 nitrogen and oxygen atoms in total. The van der Waals surface area contributed by atoms with Gasteiger partial charge in [0.2, 0.25) is 0 Å². The van der Waals surface area contributed by atoms with Crippen molar-refractivity contribution in [2.75, 3.05) is 11.6 Å². The summed E-state index contributed by atoms with van der Waals surface area (Å²) in [5.41, 5.74) is 3.99. The van der Waals surface area contributed by atoms with Crippen molar-refractivity contribution >= 4 is 46.2 Å². The molecule has 3 rings (SSSR count). The van der Waals surface area contributed by atoms with E-state index in [9.17, 15) is 9.59 Å². The van der Waals surface area contributed by atoms with Crippen molar-refractivity contribution in [2.45, 2.75) is 0 Å². The quantitative estimate of drug-likeness (QED) is 0.342. The Hall–Kier alpha value is -2.79. The summed E-state index contributed by atoms with van der Waals surface area (Å²) < 4.78 is 6.25. The minimum absolute atomic E-state index is 0.0805. The summed E-state index contributed by atoms with van der Waals surface area (Å²) >= 11 is 2.12. The lowest BCUT2D eigenvalue weighted by Crippen LogP contribution is -2.35. The maximum Gasteiger partial charge on any atom is 0.282 e. The molecular formula is C19H13IN2O3. The molecule has 0 atom stereocenters. The van der Waals surface area contributed by atoms with E-state index >= 15 is 0 Å². The summed E-state index contributed by atoms with van der Waals surface area (Å²) in [6.07, 6.45) is 6.75. The van der Waals surface area contributed by atoms with E-state index in [0.717, 1.165) is 9.13 Å². The number of anilines is 1. The highest BCUT2D eigenvalue weighted by molar-refractivity contribution is 14.1. The van der Waals surface area contributed by atoms with Crippen LogP contribution in [0.3, 0.4) is 0 Å². The number of carbonyl (C=O) groups excluding carboxylic acids is 2. The summed E-state index contributed by atoms with van der Waals surface area (Å²) in [5.74, 6) is 2.25. The van der Waals surface area contributed by atoms with Gasteiger partial charge in [-0.05, 0) is 58.5 Å². The second kappa shape index (κ2) is 7.40. The van der Waals surface area contributed by atoms with Gasteiger partial charge in [0.25, 0.3) is 11.8 Å². The Labute approximate surface area is 158 Å². The highest BCUT2D eigenvalue weighted by Crippen LogP contribution is 2.25. The van der Waals surface area contributed by atoms with Crippen LogP contribution in [-0.4, -0.2) is 18.4 Å². The molecule has 2 aromatic rings. The third-order valence-corrected chi connectivity index (χ3v) is 4.33. The number of benzene rings is 2. The molecule has 0 spiro atoms. The molecule has 0 aliphatic carbocycles. The van der Waals surface area contributed by atoms with Crippen LogP contribution in [0, 0.1) is 15.9 Å². The molecule has 1 fully saturated rings. The molecule has 1 heterocycles. The van der Waals surface area contributed by atoms with Crippen molar-refractivity contribution < 1.29 is 14.3 Å². The average molecular weight is 444 g/mol. The van der Waals surface area contributed by atoms with E-state index in [4.69, 9.17) is 11.2 Å².